The molecule has 1 aromatic rings. The maximum atomic E-state index is 12.7. The Morgan fingerprint density at radius 1 is 1.30 bits per heavy atom. The molecule has 0 aliphatic carbocycles. The van der Waals surface area contributed by atoms with Gasteiger partial charge in [-0.1, -0.05) is 24.0 Å². The largest absolute Gasteiger partial charge is 0.497 e. The average molecular weight is 411 g/mol. The number of methoxy groups -OCH3 is 2. The molecule has 1 aliphatic rings. The number of thiocarbonyl (C=S) groups is 1. The van der Waals surface area contributed by atoms with Gasteiger partial charge in [0.05, 0.1) is 19.1 Å². The highest BCUT2D eigenvalue weighted by molar-refractivity contribution is 8.26. The number of aliphatic carboxylic acids is 2. The molecule has 1 saturated heterocycles. The maximum absolute atomic E-state index is 12.7. The van der Waals surface area contributed by atoms with E-state index in [1.807, 2.05) is 0 Å². The van der Waals surface area contributed by atoms with Crippen LogP contribution in [0.4, 0.5) is 0 Å². The molecule has 0 unspecified atom stereocenters. The van der Waals surface area contributed by atoms with Crippen molar-refractivity contribution in [1.82, 2.24) is 4.90 Å². The third-order valence-corrected chi connectivity index (χ3v) is 5.11. The lowest BCUT2D eigenvalue weighted by molar-refractivity contribution is -0.146. The Labute approximate surface area is 164 Å². The van der Waals surface area contributed by atoms with Crippen molar-refractivity contribution in [2.45, 2.75) is 18.9 Å². The predicted octanol–water partition coefficient (Wildman–Crippen LogP) is 2.22. The Hall–Kier alpha value is -2.59. The van der Waals surface area contributed by atoms with Gasteiger partial charge in [-0.25, -0.2) is 4.79 Å². The third-order valence-electron chi connectivity index (χ3n) is 3.78. The second-order valence-corrected chi connectivity index (χ2v) is 7.12. The minimum atomic E-state index is -1.34. The van der Waals surface area contributed by atoms with Crippen LogP contribution in [0, 0.1) is 0 Å². The number of carbonyl (C=O) groups excluding carboxylic acids is 1. The summed E-state index contributed by atoms with van der Waals surface area (Å²) in [5.41, 5.74) is 0.594. The summed E-state index contributed by atoms with van der Waals surface area (Å²) in [6.45, 7) is 0. The Morgan fingerprint density at radius 3 is 2.56 bits per heavy atom. The van der Waals surface area contributed by atoms with Crippen molar-refractivity contribution in [3.05, 3.63) is 28.7 Å². The van der Waals surface area contributed by atoms with E-state index in [1.165, 1.54) is 14.2 Å². The van der Waals surface area contributed by atoms with Crippen LogP contribution in [0.1, 0.15) is 18.4 Å². The monoisotopic (exact) mass is 411 g/mol. The van der Waals surface area contributed by atoms with Gasteiger partial charge in [-0.2, -0.15) is 0 Å². The van der Waals surface area contributed by atoms with E-state index < -0.39 is 23.9 Å². The van der Waals surface area contributed by atoms with Gasteiger partial charge in [-0.3, -0.25) is 14.5 Å². The molecule has 144 valence electrons. The number of hydrogen-bond donors (Lipinski definition) is 2. The number of carboxylic acids is 2. The van der Waals surface area contributed by atoms with E-state index >= 15 is 0 Å². The fraction of sp³-hybridized carbons (Fsp3) is 0.294. The zero-order valence-electron chi connectivity index (χ0n) is 14.5. The summed E-state index contributed by atoms with van der Waals surface area (Å²) in [6.07, 6.45) is 0.920. The van der Waals surface area contributed by atoms with Crippen molar-refractivity contribution >= 4 is 52.2 Å². The first kappa shape index (κ1) is 20.7. The van der Waals surface area contributed by atoms with Crippen LogP contribution < -0.4 is 9.47 Å². The molecule has 0 radical (unpaired) electrons. The lowest BCUT2D eigenvalue weighted by atomic mass is 10.1. The molecule has 8 nitrogen and oxygen atoms in total. The van der Waals surface area contributed by atoms with Gasteiger partial charge in [0.15, 0.2) is 0 Å². The highest BCUT2D eigenvalue weighted by Crippen LogP contribution is 2.36. The number of amides is 1. The molecular formula is C17H17NO7S2. The summed E-state index contributed by atoms with van der Waals surface area (Å²) < 4.78 is 10.5. The number of rotatable bonds is 8. The summed E-state index contributed by atoms with van der Waals surface area (Å²) in [4.78, 5) is 36.2. The Morgan fingerprint density at radius 2 is 2.00 bits per heavy atom. The predicted molar refractivity (Wildman–Crippen MR) is 103 cm³/mol. The van der Waals surface area contributed by atoms with E-state index in [4.69, 9.17) is 26.8 Å². The molecule has 1 atom stereocenters. The van der Waals surface area contributed by atoms with Gasteiger partial charge in [0.1, 0.15) is 21.9 Å². The van der Waals surface area contributed by atoms with Gasteiger partial charge < -0.3 is 19.7 Å². The Kier molecular flexibility index (Phi) is 6.81. The molecule has 1 amide bonds. The van der Waals surface area contributed by atoms with E-state index in [2.05, 4.69) is 0 Å². The fourth-order valence-corrected chi connectivity index (χ4v) is 3.80. The number of thioether (sulfide) groups is 1. The third kappa shape index (κ3) is 4.77. The standard InChI is InChI=1S/C17H17NO7S2/c1-24-10-4-3-9(12(8-10)25-2)7-13-15(21)18(17(26)27-13)11(16(22)23)5-6-14(19)20/h3-4,7-8,11H,5-6H2,1-2H3,(H,19,20)(H,22,23)/b13-7-/t11-/m1/s1. The van der Waals surface area contributed by atoms with Crippen LogP contribution in [-0.4, -0.2) is 57.5 Å². The summed E-state index contributed by atoms with van der Waals surface area (Å²) in [5, 5.41) is 18.2. The van der Waals surface area contributed by atoms with E-state index in [0.29, 0.717) is 17.1 Å². The number of carboxylic acid groups (broad SMARTS) is 2. The number of carbonyl (C=O) groups is 3. The molecule has 27 heavy (non-hydrogen) atoms. The first-order valence-corrected chi connectivity index (χ1v) is 8.94. The maximum Gasteiger partial charge on any atom is 0.326 e. The number of hydrogen-bond acceptors (Lipinski definition) is 7. The van der Waals surface area contributed by atoms with Crippen LogP contribution in [0.3, 0.4) is 0 Å². The van der Waals surface area contributed by atoms with Crippen molar-refractivity contribution in [3.8, 4) is 11.5 Å². The average Bonchev–Trinajstić information content (AvgIpc) is 2.89. The van der Waals surface area contributed by atoms with Gasteiger partial charge in [-0.15, -0.1) is 0 Å². The summed E-state index contributed by atoms with van der Waals surface area (Å²) in [6, 6.07) is 3.71. The second kappa shape index (κ2) is 8.87. The van der Waals surface area contributed by atoms with Crippen molar-refractivity contribution in [1.29, 1.82) is 0 Å². The molecule has 2 rings (SSSR count). The van der Waals surface area contributed by atoms with E-state index in [-0.39, 0.29) is 22.1 Å². The molecule has 0 aromatic heterocycles. The molecule has 0 bridgehead atoms. The highest BCUT2D eigenvalue weighted by atomic mass is 32.2. The zero-order valence-corrected chi connectivity index (χ0v) is 16.1. The van der Waals surface area contributed by atoms with Crippen molar-refractivity contribution < 1.29 is 34.1 Å². The summed E-state index contributed by atoms with van der Waals surface area (Å²) >= 11 is 6.11. The summed E-state index contributed by atoms with van der Waals surface area (Å²) in [5.74, 6) is -1.99. The highest BCUT2D eigenvalue weighted by Gasteiger charge is 2.40. The SMILES string of the molecule is COc1ccc(/C=C2\SC(=S)N([C@H](CCC(=O)O)C(=O)O)C2=O)c(OC)c1. The van der Waals surface area contributed by atoms with Crippen LogP contribution in [0.2, 0.25) is 0 Å². The van der Waals surface area contributed by atoms with E-state index in [9.17, 15) is 19.5 Å². The normalized spacial score (nSPS) is 16.5. The van der Waals surface area contributed by atoms with Gasteiger partial charge in [0.2, 0.25) is 0 Å². The molecule has 0 saturated carbocycles. The van der Waals surface area contributed by atoms with Crippen LogP contribution in [0.15, 0.2) is 23.1 Å². The molecule has 1 heterocycles. The first-order valence-electron chi connectivity index (χ1n) is 7.72. The second-order valence-electron chi connectivity index (χ2n) is 5.45. The van der Waals surface area contributed by atoms with Gasteiger partial charge in [0, 0.05) is 18.1 Å². The van der Waals surface area contributed by atoms with Crippen molar-refractivity contribution in [2.75, 3.05) is 14.2 Å². The fourth-order valence-electron chi connectivity index (χ4n) is 2.45. The Balaban J connectivity index is 2.33. The Bertz CT molecular complexity index is 821. The lowest BCUT2D eigenvalue weighted by Gasteiger charge is -2.22. The molecule has 1 aromatic carbocycles. The van der Waals surface area contributed by atoms with Crippen LogP contribution in [0.5, 0.6) is 11.5 Å². The molecule has 1 aliphatic heterocycles. The van der Waals surface area contributed by atoms with Crippen molar-refractivity contribution in [3.63, 3.8) is 0 Å². The first-order chi connectivity index (χ1) is 12.8. The molecule has 1 fully saturated rings. The van der Waals surface area contributed by atoms with Gasteiger partial charge in [0.25, 0.3) is 5.91 Å². The smallest absolute Gasteiger partial charge is 0.326 e. The number of benzene rings is 1. The number of nitrogens with zero attached hydrogens (tertiary/aromatic N) is 1. The van der Waals surface area contributed by atoms with E-state index in [0.717, 1.165) is 16.7 Å². The molecule has 0 spiro atoms. The molecule has 2 N–H and O–H groups in total. The summed E-state index contributed by atoms with van der Waals surface area (Å²) in [7, 11) is 2.99. The van der Waals surface area contributed by atoms with Crippen LogP contribution in [-0.2, 0) is 14.4 Å². The molecule has 10 heteroatoms. The van der Waals surface area contributed by atoms with E-state index in [1.54, 1.807) is 24.3 Å². The number of ether oxygens (including phenoxy) is 2. The van der Waals surface area contributed by atoms with Gasteiger partial charge >= 0.3 is 11.9 Å². The topological polar surface area (TPSA) is 113 Å². The van der Waals surface area contributed by atoms with Crippen LogP contribution >= 0.6 is 24.0 Å². The molecular weight excluding hydrogens is 394 g/mol. The van der Waals surface area contributed by atoms with Crippen molar-refractivity contribution in [2.24, 2.45) is 0 Å². The zero-order chi connectivity index (χ0) is 20.1. The van der Waals surface area contributed by atoms with Gasteiger partial charge in [-0.05, 0) is 24.6 Å². The quantitative estimate of drug-likeness (QED) is 0.491. The lowest BCUT2D eigenvalue weighted by Crippen LogP contribution is -2.44. The minimum Gasteiger partial charge on any atom is -0.497 e. The minimum absolute atomic E-state index is 0.0662. The van der Waals surface area contributed by atoms with Crippen LogP contribution in [0.25, 0.3) is 6.08 Å².